The van der Waals surface area contributed by atoms with Crippen LogP contribution in [0.4, 0.5) is 0 Å². The molecule has 1 amide bonds. The smallest absolute Gasteiger partial charge is 0.356 e. The maximum absolute atomic E-state index is 12.6. The number of likely N-dealkylation sites (tertiary alicyclic amines) is 1. The van der Waals surface area contributed by atoms with Gasteiger partial charge in [-0.2, -0.15) is 0 Å². The molecule has 1 aromatic carbocycles. The van der Waals surface area contributed by atoms with E-state index in [2.05, 4.69) is 15.3 Å². The van der Waals surface area contributed by atoms with Gasteiger partial charge in [0.2, 0.25) is 5.91 Å². The number of amides is 1. The van der Waals surface area contributed by atoms with Gasteiger partial charge < -0.3 is 9.84 Å². The number of carboxylic acids is 1. The van der Waals surface area contributed by atoms with E-state index in [1.54, 1.807) is 7.11 Å². The highest BCUT2D eigenvalue weighted by atomic mass is 16.5. The van der Waals surface area contributed by atoms with Crippen LogP contribution in [0.3, 0.4) is 0 Å². The molecule has 2 aromatic rings. The third-order valence-corrected chi connectivity index (χ3v) is 4.32. The van der Waals surface area contributed by atoms with Gasteiger partial charge in [0.05, 0.1) is 18.2 Å². The van der Waals surface area contributed by atoms with E-state index in [1.165, 1.54) is 18.1 Å². The van der Waals surface area contributed by atoms with Crippen molar-refractivity contribution in [3.8, 4) is 0 Å². The first-order valence-corrected chi connectivity index (χ1v) is 7.94. The van der Waals surface area contributed by atoms with Crippen molar-refractivity contribution < 1.29 is 19.4 Å². The minimum absolute atomic E-state index is 0.0959. The van der Waals surface area contributed by atoms with Crippen LogP contribution in [0, 0.1) is 5.92 Å². The van der Waals surface area contributed by atoms with Crippen molar-refractivity contribution in [1.82, 2.24) is 14.6 Å². The van der Waals surface area contributed by atoms with Crippen molar-refractivity contribution in [1.29, 1.82) is 0 Å². The Morgan fingerprint density at radius 2 is 2.08 bits per heavy atom. The average Bonchev–Trinajstić information content (AvgIpc) is 3.22. The van der Waals surface area contributed by atoms with E-state index in [9.17, 15) is 9.59 Å². The summed E-state index contributed by atoms with van der Waals surface area (Å²) >= 11 is 0. The maximum Gasteiger partial charge on any atom is 0.356 e. The van der Waals surface area contributed by atoms with Crippen molar-refractivity contribution in [2.45, 2.75) is 12.6 Å². The van der Waals surface area contributed by atoms with Crippen LogP contribution in [0.15, 0.2) is 42.9 Å². The third-order valence-electron chi connectivity index (χ3n) is 4.32. The zero-order chi connectivity index (χ0) is 17.8. The number of benzene rings is 1. The van der Waals surface area contributed by atoms with Gasteiger partial charge in [-0.1, -0.05) is 30.3 Å². The number of aromatic carboxylic acids is 1. The number of rotatable bonds is 6. The number of carbonyl (C=O) groups excluding carboxylic acids is 1. The predicted octanol–water partition coefficient (Wildman–Crippen LogP) is 0.798. The van der Waals surface area contributed by atoms with E-state index in [1.807, 2.05) is 30.3 Å². The number of carbonyl (C=O) groups is 2. The highest BCUT2D eigenvalue weighted by Gasteiger charge is 2.38. The van der Waals surface area contributed by atoms with Crippen molar-refractivity contribution in [2.24, 2.45) is 5.92 Å². The fourth-order valence-electron chi connectivity index (χ4n) is 3.06. The second-order valence-corrected chi connectivity index (χ2v) is 5.99. The molecule has 3 rings (SSSR count). The summed E-state index contributed by atoms with van der Waals surface area (Å²) < 4.78 is 6.59. The molecular formula is C17H20N4O4. The van der Waals surface area contributed by atoms with E-state index in [0.29, 0.717) is 13.1 Å². The lowest BCUT2D eigenvalue weighted by atomic mass is 10.1. The van der Waals surface area contributed by atoms with E-state index >= 15 is 0 Å². The molecule has 0 radical (unpaired) electrons. The number of nitrogens with one attached hydrogen (secondary N) is 1. The Labute approximate surface area is 145 Å². The number of carboxylic acid groups (broad SMARTS) is 1. The first kappa shape index (κ1) is 17.1. The molecule has 0 saturated carbocycles. The van der Waals surface area contributed by atoms with Gasteiger partial charge in [0.1, 0.15) is 6.33 Å². The molecule has 25 heavy (non-hydrogen) atoms. The van der Waals surface area contributed by atoms with Gasteiger partial charge in [-0.05, 0) is 5.56 Å². The molecule has 1 saturated heterocycles. The molecular weight excluding hydrogens is 324 g/mol. The monoisotopic (exact) mass is 344 g/mol. The molecule has 2 N–H and O–H groups in total. The fraction of sp³-hybridized carbons (Fsp3) is 0.353. The Morgan fingerprint density at radius 1 is 1.32 bits per heavy atom. The van der Waals surface area contributed by atoms with Crippen LogP contribution in [0.1, 0.15) is 16.1 Å². The van der Waals surface area contributed by atoms with Gasteiger partial charge in [-0.15, -0.1) is 0 Å². The summed E-state index contributed by atoms with van der Waals surface area (Å²) in [7, 11) is 1.58. The molecule has 2 atom stereocenters. The van der Waals surface area contributed by atoms with Crippen LogP contribution in [-0.2, 0) is 16.1 Å². The summed E-state index contributed by atoms with van der Waals surface area (Å²) in [6.45, 7) is 1.91. The van der Waals surface area contributed by atoms with Gasteiger partial charge in [-0.25, -0.2) is 14.5 Å². The predicted molar refractivity (Wildman–Crippen MR) is 89.6 cm³/mol. The number of methoxy groups -OCH3 is 1. The molecule has 0 bridgehead atoms. The van der Waals surface area contributed by atoms with Gasteiger partial charge >= 0.3 is 5.97 Å². The first-order valence-electron chi connectivity index (χ1n) is 7.94. The summed E-state index contributed by atoms with van der Waals surface area (Å²) in [5.74, 6) is -1.83. The molecule has 132 valence electrons. The summed E-state index contributed by atoms with van der Waals surface area (Å²) in [6.07, 6.45) is 2.20. The topological polar surface area (TPSA) is 96.7 Å². The minimum atomic E-state index is -1.15. The lowest BCUT2D eigenvalue weighted by molar-refractivity contribution is -0.123. The normalized spacial score (nSPS) is 20.5. The van der Waals surface area contributed by atoms with Gasteiger partial charge in [0.15, 0.2) is 5.69 Å². The number of aromatic nitrogens is 2. The molecule has 1 aliphatic rings. The molecule has 8 nitrogen and oxygen atoms in total. The summed E-state index contributed by atoms with van der Waals surface area (Å²) in [4.78, 5) is 29.6. The van der Waals surface area contributed by atoms with Gasteiger partial charge in [0, 0.05) is 26.7 Å². The van der Waals surface area contributed by atoms with E-state index in [0.717, 1.165) is 11.2 Å². The van der Waals surface area contributed by atoms with Crippen LogP contribution in [0.2, 0.25) is 0 Å². The van der Waals surface area contributed by atoms with Crippen molar-refractivity contribution in [3.05, 3.63) is 54.1 Å². The standard InChI is InChI=1S/C17H20N4O4/c1-25-15-10-20(8-12-5-3-2-4-6-12)9-13(15)16(22)19-21-11-18-7-14(21)17(23)24/h2-7,11,13,15H,8-10H2,1H3,(H,19,22)(H,23,24). The van der Waals surface area contributed by atoms with Crippen LogP contribution >= 0.6 is 0 Å². The zero-order valence-electron chi connectivity index (χ0n) is 13.8. The number of nitrogens with zero attached hydrogens (tertiary/aromatic N) is 3. The second kappa shape index (κ2) is 7.45. The summed E-state index contributed by atoms with van der Waals surface area (Å²) in [5.41, 5.74) is 3.66. The van der Waals surface area contributed by atoms with Crippen LogP contribution in [0.5, 0.6) is 0 Å². The number of hydrogen-bond donors (Lipinski definition) is 2. The largest absolute Gasteiger partial charge is 0.476 e. The molecule has 8 heteroatoms. The third kappa shape index (κ3) is 3.86. The minimum Gasteiger partial charge on any atom is -0.476 e. The van der Waals surface area contributed by atoms with E-state index in [4.69, 9.17) is 9.84 Å². The van der Waals surface area contributed by atoms with Crippen LogP contribution < -0.4 is 5.43 Å². The lowest BCUT2D eigenvalue weighted by Gasteiger charge is -2.17. The Balaban J connectivity index is 1.67. The zero-order valence-corrected chi connectivity index (χ0v) is 13.8. The van der Waals surface area contributed by atoms with Crippen molar-refractivity contribution in [3.63, 3.8) is 0 Å². The highest BCUT2D eigenvalue weighted by molar-refractivity contribution is 5.90. The molecule has 2 unspecified atom stereocenters. The lowest BCUT2D eigenvalue weighted by Crippen LogP contribution is -2.37. The SMILES string of the molecule is COC1CN(Cc2ccccc2)CC1C(=O)Nn1cncc1C(=O)O. The molecule has 1 fully saturated rings. The Kier molecular flexibility index (Phi) is 5.11. The molecule has 2 heterocycles. The summed E-state index contributed by atoms with van der Waals surface area (Å²) in [5, 5.41) is 9.09. The molecule has 1 aromatic heterocycles. The van der Waals surface area contributed by atoms with Crippen LogP contribution in [0.25, 0.3) is 0 Å². The van der Waals surface area contributed by atoms with Crippen molar-refractivity contribution in [2.75, 3.05) is 25.6 Å². The van der Waals surface area contributed by atoms with Crippen LogP contribution in [-0.4, -0.2) is 57.8 Å². The van der Waals surface area contributed by atoms with Crippen molar-refractivity contribution >= 4 is 11.9 Å². The number of hydrogen-bond acceptors (Lipinski definition) is 5. The van der Waals surface area contributed by atoms with E-state index < -0.39 is 11.9 Å². The van der Waals surface area contributed by atoms with Gasteiger partial charge in [0.25, 0.3) is 0 Å². The number of ether oxygens (including phenoxy) is 1. The molecule has 1 aliphatic heterocycles. The first-order chi connectivity index (χ1) is 12.1. The Bertz CT molecular complexity index is 746. The second-order valence-electron chi connectivity index (χ2n) is 5.99. The Hall–Kier alpha value is -2.71. The quantitative estimate of drug-likeness (QED) is 0.805. The highest BCUT2D eigenvalue weighted by Crippen LogP contribution is 2.22. The maximum atomic E-state index is 12.6. The molecule has 0 aliphatic carbocycles. The van der Waals surface area contributed by atoms with Gasteiger partial charge in [-0.3, -0.25) is 15.1 Å². The summed E-state index contributed by atoms with van der Waals surface area (Å²) in [6, 6.07) is 10.0. The Morgan fingerprint density at radius 3 is 2.76 bits per heavy atom. The van der Waals surface area contributed by atoms with E-state index in [-0.39, 0.29) is 17.7 Å². The molecule has 0 spiro atoms. The average molecular weight is 344 g/mol. The number of imidazole rings is 1. The fourth-order valence-corrected chi connectivity index (χ4v) is 3.06.